The summed E-state index contributed by atoms with van der Waals surface area (Å²) in [7, 11) is 3.31. The minimum absolute atomic E-state index is 0.641. The Bertz CT molecular complexity index is 408. The van der Waals surface area contributed by atoms with Crippen molar-refractivity contribution in [1.29, 1.82) is 0 Å². The van der Waals surface area contributed by atoms with Gasteiger partial charge in [0.15, 0.2) is 11.5 Å². The number of methoxy groups -OCH3 is 2. The highest BCUT2D eigenvalue weighted by molar-refractivity contribution is 9.10. The fourth-order valence-electron chi connectivity index (χ4n) is 2.03. The van der Waals surface area contributed by atoms with E-state index in [0.717, 1.165) is 22.5 Å². The summed E-state index contributed by atoms with van der Waals surface area (Å²) in [5.74, 6) is 4.00. The first kappa shape index (κ1) is 14.0. The summed E-state index contributed by atoms with van der Waals surface area (Å²) >= 11 is 5.53. The van der Waals surface area contributed by atoms with Crippen molar-refractivity contribution in [3.63, 3.8) is 0 Å². The summed E-state index contributed by atoms with van der Waals surface area (Å²) in [6.07, 6.45) is 1.26. The number of halogens is 1. The highest BCUT2D eigenvalue weighted by Gasteiger charge is 2.15. The zero-order valence-corrected chi connectivity index (χ0v) is 13.1. The topological polar surface area (TPSA) is 30.5 Å². The van der Waals surface area contributed by atoms with Crippen molar-refractivity contribution < 1.29 is 9.47 Å². The number of ether oxygens (including phenoxy) is 2. The van der Waals surface area contributed by atoms with Gasteiger partial charge in [-0.15, -0.1) is 0 Å². The van der Waals surface area contributed by atoms with Crippen molar-refractivity contribution in [1.82, 2.24) is 5.32 Å². The van der Waals surface area contributed by atoms with E-state index in [9.17, 15) is 0 Å². The van der Waals surface area contributed by atoms with E-state index in [-0.39, 0.29) is 0 Å². The van der Waals surface area contributed by atoms with Crippen LogP contribution in [0.1, 0.15) is 12.0 Å². The Morgan fingerprint density at radius 2 is 2.22 bits per heavy atom. The molecule has 1 fully saturated rings. The lowest BCUT2D eigenvalue weighted by Gasteiger charge is -2.14. The third kappa shape index (κ3) is 3.33. The van der Waals surface area contributed by atoms with Gasteiger partial charge in [-0.2, -0.15) is 11.8 Å². The molecule has 2 rings (SSSR count). The van der Waals surface area contributed by atoms with Gasteiger partial charge in [-0.05, 0) is 45.8 Å². The van der Waals surface area contributed by atoms with Crippen molar-refractivity contribution in [2.75, 3.05) is 25.7 Å². The predicted molar refractivity (Wildman–Crippen MR) is 79.8 cm³/mol. The maximum absolute atomic E-state index is 5.34. The molecule has 100 valence electrons. The molecule has 1 unspecified atom stereocenters. The largest absolute Gasteiger partial charge is 0.493 e. The second kappa shape index (κ2) is 6.68. The minimum atomic E-state index is 0.641. The Morgan fingerprint density at radius 1 is 1.39 bits per heavy atom. The monoisotopic (exact) mass is 331 g/mol. The van der Waals surface area contributed by atoms with Gasteiger partial charge in [0.25, 0.3) is 0 Å². The molecular formula is C13H18BrNO2S. The first-order valence-corrected chi connectivity index (χ1v) is 7.91. The molecule has 0 spiro atoms. The van der Waals surface area contributed by atoms with Gasteiger partial charge < -0.3 is 14.8 Å². The summed E-state index contributed by atoms with van der Waals surface area (Å²) < 4.78 is 11.6. The SMILES string of the molecule is COc1cc(CNC2CCSC2)cc(Br)c1OC. The van der Waals surface area contributed by atoms with Gasteiger partial charge in [0.05, 0.1) is 18.7 Å². The summed E-state index contributed by atoms with van der Waals surface area (Å²) in [6, 6.07) is 4.75. The average molecular weight is 332 g/mol. The smallest absolute Gasteiger partial charge is 0.174 e. The predicted octanol–water partition coefficient (Wildman–Crippen LogP) is 3.06. The van der Waals surface area contributed by atoms with Crippen molar-refractivity contribution >= 4 is 27.7 Å². The second-order valence-electron chi connectivity index (χ2n) is 4.25. The number of hydrogen-bond acceptors (Lipinski definition) is 4. The molecule has 1 atom stereocenters. The molecule has 1 N–H and O–H groups in total. The Hall–Kier alpha value is -0.390. The molecular weight excluding hydrogens is 314 g/mol. The highest BCUT2D eigenvalue weighted by atomic mass is 79.9. The summed E-state index contributed by atoms with van der Waals surface area (Å²) in [5, 5.41) is 3.58. The number of hydrogen-bond donors (Lipinski definition) is 1. The van der Waals surface area contributed by atoms with Crippen LogP contribution in [0.2, 0.25) is 0 Å². The van der Waals surface area contributed by atoms with Crippen molar-refractivity contribution in [3.05, 3.63) is 22.2 Å². The quantitative estimate of drug-likeness (QED) is 0.898. The molecule has 1 saturated heterocycles. The lowest BCUT2D eigenvalue weighted by atomic mass is 10.1. The fraction of sp³-hybridized carbons (Fsp3) is 0.538. The maximum Gasteiger partial charge on any atom is 0.174 e. The van der Waals surface area contributed by atoms with Gasteiger partial charge in [0.1, 0.15) is 0 Å². The summed E-state index contributed by atoms with van der Waals surface area (Å²) in [4.78, 5) is 0. The molecule has 5 heteroatoms. The average Bonchev–Trinajstić information content (AvgIpc) is 2.88. The molecule has 0 amide bonds. The van der Waals surface area contributed by atoms with E-state index in [0.29, 0.717) is 6.04 Å². The first-order valence-electron chi connectivity index (χ1n) is 5.96. The maximum atomic E-state index is 5.34. The van der Waals surface area contributed by atoms with Crippen LogP contribution in [-0.2, 0) is 6.54 Å². The molecule has 1 aliphatic heterocycles. The van der Waals surface area contributed by atoms with E-state index >= 15 is 0 Å². The molecule has 3 nitrogen and oxygen atoms in total. The first-order chi connectivity index (χ1) is 8.74. The van der Waals surface area contributed by atoms with Gasteiger partial charge >= 0.3 is 0 Å². The van der Waals surface area contributed by atoms with Crippen LogP contribution < -0.4 is 14.8 Å². The van der Waals surface area contributed by atoms with Crippen molar-refractivity contribution in [2.24, 2.45) is 0 Å². The normalized spacial score (nSPS) is 18.9. The zero-order valence-electron chi connectivity index (χ0n) is 10.7. The summed E-state index contributed by atoms with van der Waals surface area (Å²) in [5.41, 5.74) is 1.21. The van der Waals surface area contributed by atoms with Crippen LogP contribution in [0.15, 0.2) is 16.6 Å². The molecule has 1 aromatic rings. The van der Waals surface area contributed by atoms with E-state index in [2.05, 4.69) is 27.3 Å². The molecule has 0 aliphatic carbocycles. The van der Waals surface area contributed by atoms with Crippen LogP contribution >= 0.6 is 27.7 Å². The van der Waals surface area contributed by atoms with E-state index in [1.54, 1.807) is 14.2 Å². The van der Waals surface area contributed by atoms with Crippen LogP contribution in [0.25, 0.3) is 0 Å². The summed E-state index contributed by atoms with van der Waals surface area (Å²) in [6.45, 7) is 0.865. The third-order valence-corrected chi connectivity index (χ3v) is 4.77. The van der Waals surface area contributed by atoms with E-state index in [4.69, 9.17) is 9.47 Å². The second-order valence-corrected chi connectivity index (χ2v) is 6.26. The van der Waals surface area contributed by atoms with Gasteiger partial charge in [0.2, 0.25) is 0 Å². The van der Waals surface area contributed by atoms with Gasteiger partial charge in [-0.3, -0.25) is 0 Å². The highest BCUT2D eigenvalue weighted by Crippen LogP contribution is 2.36. The van der Waals surface area contributed by atoms with Crippen LogP contribution in [0.4, 0.5) is 0 Å². The van der Waals surface area contributed by atoms with Crippen LogP contribution in [0.5, 0.6) is 11.5 Å². The number of rotatable bonds is 5. The Balaban J connectivity index is 2.05. The van der Waals surface area contributed by atoms with E-state index in [1.165, 1.54) is 23.5 Å². The number of thioether (sulfide) groups is 1. The van der Waals surface area contributed by atoms with E-state index < -0.39 is 0 Å². The Kier molecular flexibility index (Phi) is 5.21. The minimum Gasteiger partial charge on any atom is -0.493 e. The van der Waals surface area contributed by atoms with Gasteiger partial charge in [-0.25, -0.2) is 0 Å². The molecule has 0 bridgehead atoms. The van der Waals surface area contributed by atoms with Crippen molar-refractivity contribution in [2.45, 2.75) is 19.0 Å². The fourth-order valence-corrected chi connectivity index (χ4v) is 3.87. The lowest BCUT2D eigenvalue weighted by molar-refractivity contribution is 0.352. The van der Waals surface area contributed by atoms with Crippen LogP contribution in [-0.4, -0.2) is 31.8 Å². The van der Waals surface area contributed by atoms with Crippen molar-refractivity contribution in [3.8, 4) is 11.5 Å². The molecule has 0 saturated carbocycles. The Labute approximate surface area is 121 Å². The van der Waals surface area contributed by atoms with Crippen LogP contribution in [0, 0.1) is 0 Å². The zero-order chi connectivity index (χ0) is 13.0. The van der Waals surface area contributed by atoms with Gasteiger partial charge in [-0.1, -0.05) is 0 Å². The molecule has 0 radical (unpaired) electrons. The molecule has 1 heterocycles. The third-order valence-electron chi connectivity index (χ3n) is 3.02. The number of benzene rings is 1. The molecule has 1 aliphatic rings. The molecule has 18 heavy (non-hydrogen) atoms. The molecule has 0 aromatic heterocycles. The lowest BCUT2D eigenvalue weighted by Crippen LogP contribution is -2.27. The number of nitrogens with one attached hydrogen (secondary N) is 1. The standard InChI is InChI=1S/C13H18BrNO2S/c1-16-12-6-9(5-11(14)13(12)17-2)7-15-10-3-4-18-8-10/h5-6,10,15H,3-4,7-8H2,1-2H3. The Morgan fingerprint density at radius 3 is 2.83 bits per heavy atom. The van der Waals surface area contributed by atoms with Crippen LogP contribution in [0.3, 0.4) is 0 Å². The molecule has 1 aromatic carbocycles. The van der Waals surface area contributed by atoms with E-state index in [1.807, 2.05) is 17.8 Å². The van der Waals surface area contributed by atoms with Gasteiger partial charge in [0, 0.05) is 18.3 Å².